The number of anilines is 1. The van der Waals surface area contributed by atoms with Gasteiger partial charge in [-0.05, 0) is 53.4 Å². The molecule has 0 radical (unpaired) electrons. The first kappa shape index (κ1) is 22.8. The monoisotopic (exact) mass is 503 g/mol. The number of Topliss-reactive ketones (excluding diaryl/α,β-unsaturated/α-hetero) is 1. The number of rotatable bonds is 6. The molecule has 3 aromatic carbocycles. The standard InChI is InChI=1S/C32H25NO5/c34-27(20-12-10-19(11-13-20)18-6-2-1-3-7-18)17-38-32(37)23-8-4-5-9-26(23)33-30(35)28-21-14-15-22(25-16-24(21)25)29(28)31(33)36/h1-15,21-22,24-25,28-29H,16-17H2/t21-,22-,24-,25-,28+,29+/m1/s1. The largest absolute Gasteiger partial charge is 0.454 e. The first-order valence-electron chi connectivity index (χ1n) is 13.0. The Morgan fingerprint density at radius 1 is 0.737 bits per heavy atom. The Morgan fingerprint density at radius 2 is 1.32 bits per heavy atom. The van der Waals surface area contributed by atoms with Crippen molar-refractivity contribution in [2.75, 3.05) is 11.5 Å². The quantitative estimate of drug-likeness (QED) is 0.206. The van der Waals surface area contributed by atoms with Crippen LogP contribution in [0.2, 0.25) is 0 Å². The van der Waals surface area contributed by atoms with Crippen LogP contribution in [0.15, 0.2) is 91.0 Å². The number of benzene rings is 3. The number of esters is 1. The van der Waals surface area contributed by atoms with Crippen LogP contribution in [-0.4, -0.2) is 30.2 Å². The fourth-order valence-corrected chi connectivity index (χ4v) is 6.81. The lowest BCUT2D eigenvalue weighted by Gasteiger charge is -2.37. The van der Waals surface area contributed by atoms with E-state index in [0.29, 0.717) is 17.4 Å². The molecule has 2 bridgehead atoms. The van der Waals surface area contributed by atoms with Crippen LogP contribution in [0.4, 0.5) is 5.69 Å². The zero-order chi connectivity index (χ0) is 26.0. The van der Waals surface area contributed by atoms with Gasteiger partial charge in [0.15, 0.2) is 12.4 Å². The normalized spacial score (nSPS) is 28.2. The Bertz CT molecular complexity index is 1470. The van der Waals surface area contributed by atoms with E-state index in [-0.39, 0.29) is 52.5 Å². The van der Waals surface area contributed by atoms with E-state index in [1.807, 2.05) is 42.5 Å². The summed E-state index contributed by atoms with van der Waals surface area (Å²) in [5.41, 5.74) is 2.79. The number of hydrogen-bond acceptors (Lipinski definition) is 5. The molecule has 8 rings (SSSR count). The van der Waals surface area contributed by atoms with Gasteiger partial charge in [0.2, 0.25) is 11.8 Å². The molecular weight excluding hydrogens is 478 g/mol. The van der Waals surface area contributed by atoms with Gasteiger partial charge < -0.3 is 4.74 Å². The van der Waals surface area contributed by atoms with E-state index in [4.69, 9.17) is 4.74 Å². The Labute approximate surface area is 219 Å². The molecule has 0 spiro atoms. The van der Waals surface area contributed by atoms with Crippen molar-refractivity contribution in [1.82, 2.24) is 0 Å². The minimum atomic E-state index is -0.741. The van der Waals surface area contributed by atoms with Gasteiger partial charge >= 0.3 is 5.97 Å². The fraction of sp³-hybridized carbons (Fsp3) is 0.250. The summed E-state index contributed by atoms with van der Waals surface area (Å²) in [4.78, 5) is 54.1. The molecule has 1 aliphatic heterocycles. The SMILES string of the molecule is O=C(COC(=O)c1ccccc1N1C(=O)[C@H]2[C@@H]3C=C[C@H]([C@H]4C[C@H]34)[C@@H]2C1=O)c1ccc(-c2ccccc2)cc1. The number of carbonyl (C=O) groups is 4. The summed E-state index contributed by atoms with van der Waals surface area (Å²) in [5, 5.41) is 0. The summed E-state index contributed by atoms with van der Waals surface area (Å²) in [6.45, 7) is -0.442. The number of carbonyl (C=O) groups excluding carboxylic acids is 4. The van der Waals surface area contributed by atoms with Gasteiger partial charge in [0.1, 0.15) is 0 Å². The zero-order valence-electron chi connectivity index (χ0n) is 20.5. The van der Waals surface area contributed by atoms with Crippen LogP contribution in [0.1, 0.15) is 27.1 Å². The molecule has 1 saturated heterocycles. The molecular formula is C32H25NO5. The Morgan fingerprint density at radius 3 is 1.97 bits per heavy atom. The molecule has 1 heterocycles. The highest BCUT2D eigenvalue weighted by Gasteiger charge is 2.67. The Kier molecular flexibility index (Phi) is 5.18. The maximum absolute atomic E-state index is 13.5. The molecule has 4 aliphatic carbocycles. The number of ketones is 1. The number of amides is 2. The van der Waals surface area contributed by atoms with Crippen molar-refractivity contribution in [3.8, 4) is 11.1 Å². The molecule has 3 aromatic rings. The van der Waals surface area contributed by atoms with Crippen LogP contribution in [-0.2, 0) is 14.3 Å². The first-order valence-corrected chi connectivity index (χ1v) is 13.0. The molecule has 0 aromatic heterocycles. The minimum Gasteiger partial charge on any atom is -0.454 e. The van der Waals surface area contributed by atoms with Crippen molar-refractivity contribution in [2.45, 2.75) is 6.42 Å². The summed E-state index contributed by atoms with van der Waals surface area (Å²) in [7, 11) is 0. The second kappa shape index (κ2) is 8.62. The van der Waals surface area contributed by atoms with Crippen LogP contribution in [0.25, 0.3) is 11.1 Å². The summed E-state index contributed by atoms with van der Waals surface area (Å²) < 4.78 is 5.38. The third kappa shape index (κ3) is 3.47. The van der Waals surface area contributed by atoms with Gasteiger partial charge in [0.25, 0.3) is 0 Å². The van der Waals surface area contributed by atoms with Crippen molar-refractivity contribution in [3.63, 3.8) is 0 Å². The molecule has 6 atom stereocenters. The van der Waals surface area contributed by atoms with Crippen molar-refractivity contribution < 1.29 is 23.9 Å². The highest BCUT2D eigenvalue weighted by molar-refractivity contribution is 6.24. The van der Waals surface area contributed by atoms with E-state index in [9.17, 15) is 19.2 Å². The molecule has 0 unspecified atom stereocenters. The van der Waals surface area contributed by atoms with Gasteiger partial charge in [-0.1, -0.05) is 78.9 Å². The molecule has 188 valence electrons. The summed E-state index contributed by atoms with van der Waals surface area (Å²) in [5.74, 6) is -1.07. The number of hydrogen-bond donors (Lipinski definition) is 0. The topological polar surface area (TPSA) is 80.8 Å². The smallest absolute Gasteiger partial charge is 0.340 e. The maximum atomic E-state index is 13.5. The van der Waals surface area contributed by atoms with Crippen LogP contribution < -0.4 is 4.90 Å². The minimum absolute atomic E-state index is 0.0986. The molecule has 38 heavy (non-hydrogen) atoms. The highest BCUT2D eigenvalue weighted by Crippen LogP contribution is 2.65. The average molecular weight is 504 g/mol. The van der Waals surface area contributed by atoms with E-state index in [1.165, 1.54) is 11.0 Å². The zero-order valence-corrected chi connectivity index (χ0v) is 20.5. The van der Waals surface area contributed by atoms with E-state index < -0.39 is 12.6 Å². The molecule has 2 amide bonds. The van der Waals surface area contributed by atoms with Gasteiger partial charge in [-0.25, -0.2) is 9.69 Å². The lowest BCUT2D eigenvalue weighted by atomic mass is 9.63. The Balaban J connectivity index is 1.07. The Hall–Kier alpha value is -4.32. The lowest BCUT2D eigenvalue weighted by molar-refractivity contribution is -0.124. The van der Waals surface area contributed by atoms with Gasteiger partial charge in [-0.15, -0.1) is 0 Å². The number of ether oxygens (including phenoxy) is 1. The van der Waals surface area contributed by atoms with Gasteiger partial charge in [0, 0.05) is 5.56 Å². The second-order valence-electron chi connectivity index (χ2n) is 10.6. The van der Waals surface area contributed by atoms with Crippen LogP contribution in [0, 0.1) is 35.5 Å². The van der Waals surface area contributed by atoms with Crippen LogP contribution in [0.5, 0.6) is 0 Å². The fourth-order valence-electron chi connectivity index (χ4n) is 6.81. The number of imide groups is 1. The summed E-state index contributed by atoms with van der Waals surface area (Å²) in [6, 6.07) is 23.4. The number of para-hydroxylation sites is 1. The second-order valence-corrected chi connectivity index (χ2v) is 10.6. The summed E-state index contributed by atoms with van der Waals surface area (Å²) in [6.07, 6.45) is 5.32. The molecule has 5 aliphatic rings. The van der Waals surface area contributed by atoms with Crippen molar-refractivity contribution in [3.05, 3.63) is 102 Å². The number of nitrogens with zero attached hydrogens (tertiary/aromatic N) is 1. The maximum Gasteiger partial charge on any atom is 0.340 e. The summed E-state index contributed by atoms with van der Waals surface area (Å²) >= 11 is 0. The average Bonchev–Trinajstić information content (AvgIpc) is 3.75. The van der Waals surface area contributed by atoms with Crippen LogP contribution >= 0.6 is 0 Å². The highest BCUT2D eigenvalue weighted by atomic mass is 16.5. The van der Waals surface area contributed by atoms with Crippen molar-refractivity contribution >= 4 is 29.3 Å². The predicted molar refractivity (Wildman–Crippen MR) is 140 cm³/mol. The lowest BCUT2D eigenvalue weighted by Crippen LogP contribution is -2.40. The van der Waals surface area contributed by atoms with Crippen molar-refractivity contribution in [1.29, 1.82) is 0 Å². The third-order valence-electron chi connectivity index (χ3n) is 8.68. The molecule has 3 fully saturated rings. The molecule has 0 N–H and O–H groups in total. The molecule has 6 nitrogen and oxygen atoms in total. The molecule has 6 heteroatoms. The van der Waals surface area contributed by atoms with Gasteiger partial charge in [-0.2, -0.15) is 0 Å². The van der Waals surface area contributed by atoms with Crippen molar-refractivity contribution in [2.24, 2.45) is 35.5 Å². The van der Waals surface area contributed by atoms with Crippen LogP contribution in [0.3, 0.4) is 0 Å². The van der Waals surface area contributed by atoms with E-state index >= 15 is 0 Å². The van der Waals surface area contributed by atoms with E-state index in [1.54, 1.807) is 30.3 Å². The number of allylic oxidation sites excluding steroid dienone is 2. The third-order valence-corrected chi connectivity index (χ3v) is 8.68. The van der Waals surface area contributed by atoms with Gasteiger partial charge in [0.05, 0.1) is 23.1 Å². The van der Waals surface area contributed by atoms with Gasteiger partial charge in [-0.3, -0.25) is 14.4 Å². The van der Waals surface area contributed by atoms with E-state index in [0.717, 1.165) is 17.5 Å². The molecule has 2 saturated carbocycles. The predicted octanol–water partition coefficient (Wildman–Crippen LogP) is 4.95. The van der Waals surface area contributed by atoms with E-state index in [2.05, 4.69) is 12.2 Å². The first-order chi connectivity index (χ1) is 18.5.